The first-order chi connectivity index (χ1) is 7.05. The van der Waals surface area contributed by atoms with E-state index in [0.717, 1.165) is 29.6 Å². The molecule has 0 aromatic carbocycles. The molecule has 0 aromatic heterocycles. The highest BCUT2D eigenvalue weighted by molar-refractivity contribution is 5.25. The third kappa shape index (κ3) is 1.04. The second kappa shape index (κ2) is 2.90. The summed E-state index contributed by atoms with van der Waals surface area (Å²) >= 11 is 0. The molecule has 0 unspecified atom stereocenters. The molecule has 0 spiro atoms. The lowest BCUT2D eigenvalue weighted by atomic mass is 9.47. The molecule has 3 aliphatic carbocycles. The molecular formula is C15H24. The van der Waals surface area contributed by atoms with Crippen LogP contribution in [0.25, 0.3) is 0 Å². The van der Waals surface area contributed by atoms with Gasteiger partial charge < -0.3 is 0 Å². The van der Waals surface area contributed by atoms with E-state index in [9.17, 15) is 0 Å². The molecule has 0 aliphatic heterocycles. The van der Waals surface area contributed by atoms with Gasteiger partial charge in [-0.3, -0.25) is 0 Å². The Morgan fingerprint density at radius 3 is 2.73 bits per heavy atom. The van der Waals surface area contributed by atoms with Crippen LogP contribution in [0.4, 0.5) is 0 Å². The Morgan fingerprint density at radius 1 is 1.33 bits per heavy atom. The zero-order valence-electron chi connectivity index (χ0n) is 10.4. The summed E-state index contributed by atoms with van der Waals surface area (Å²) in [5.74, 6) is 4.80. The van der Waals surface area contributed by atoms with E-state index in [2.05, 4.69) is 27.4 Å². The van der Waals surface area contributed by atoms with Gasteiger partial charge in [0.1, 0.15) is 0 Å². The molecule has 0 heteroatoms. The van der Waals surface area contributed by atoms with E-state index in [-0.39, 0.29) is 0 Å². The third-order valence-corrected chi connectivity index (χ3v) is 6.01. The Balaban J connectivity index is 1.91. The highest BCUT2D eigenvalue weighted by atomic mass is 14.7. The second-order valence-corrected chi connectivity index (χ2v) is 6.81. The largest absolute Gasteiger partial charge is 0.0996 e. The number of fused-ring (bicyclic) bond motifs is 4. The van der Waals surface area contributed by atoms with Crippen LogP contribution in [0.2, 0.25) is 0 Å². The summed E-state index contributed by atoms with van der Waals surface area (Å²) in [5.41, 5.74) is 2.30. The molecule has 84 valence electrons. The molecule has 0 aromatic rings. The van der Waals surface area contributed by atoms with Gasteiger partial charge in [0, 0.05) is 0 Å². The van der Waals surface area contributed by atoms with E-state index in [1.807, 2.05) is 0 Å². The fraction of sp³-hybridized carbons (Fsp3) is 0.867. The smallest absolute Gasteiger partial charge is 0.0136 e. The average molecular weight is 204 g/mol. The van der Waals surface area contributed by atoms with Crippen LogP contribution >= 0.6 is 0 Å². The summed E-state index contributed by atoms with van der Waals surface area (Å²) in [4.78, 5) is 0. The summed E-state index contributed by atoms with van der Waals surface area (Å²) in [6, 6.07) is 0. The van der Waals surface area contributed by atoms with E-state index >= 15 is 0 Å². The van der Waals surface area contributed by atoms with E-state index in [1.54, 1.807) is 5.57 Å². The van der Waals surface area contributed by atoms with Crippen molar-refractivity contribution in [1.82, 2.24) is 0 Å². The Bertz CT molecular complexity index is 301. The molecule has 0 saturated heterocycles. The van der Waals surface area contributed by atoms with Gasteiger partial charge >= 0.3 is 0 Å². The van der Waals surface area contributed by atoms with Crippen molar-refractivity contribution in [2.75, 3.05) is 0 Å². The second-order valence-electron chi connectivity index (χ2n) is 6.81. The minimum Gasteiger partial charge on any atom is -0.0996 e. The first kappa shape index (κ1) is 9.93. The van der Waals surface area contributed by atoms with Gasteiger partial charge in [-0.15, -0.1) is 0 Å². The van der Waals surface area contributed by atoms with Crippen molar-refractivity contribution in [2.45, 2.75) is 46.5 Å². The van der Waals surface area contributed by atoms with Crippen LogP contribution in [0.15, 0.2) is 12.2 Å². The molecule has 0 amide bonds. The maximum Gasteiger partial charge on any atom is -0.0136 e. The normalized spacial score (nSPS) is 52.9. The minimum absolute atomic E-state index is 0.707. The predicted molar refractivity (Wildman–Crippen MR) is 64.5 cm³/mol. The Kier molecular flexibility index (Phi) is 1.92. The van der Waals surface area contributed by atoms with E-state index in [4.69, 9.17) is 0 Å². The van der Waals surface area contributed by atoms with Crippen LogP contribution < -0.4 is 0 Å². The van der Waals surface area contributed by atoms with E-state index in [1.165, 1.54) is 25.7 Å². The zero-order valence-corrected chi connectivity index (χ0v) is 10.4. The monoisotopic (exact) mass is 204 g/mol. The first-order valence-electron chi connectivity index (χ1n) is 6.73. The van der Waals surface area contributed by atoms with Gasteiger partial charge in [-0.25, -0.2) is 0 Å². The topological polar surface area (TPSA) is 0 Å². The minimum atomic E-state index is 0.707. The number of hydrogen-bond acceptors (Lipinski definition) is 0. The van der Waals surface area contributed by atoms with E-state index in [0.29, 0.717) is 5.41 Å². The molecule has 15 heavy (non-hydrogen) atoms. The van der Waals surface area contributed by atoms with Crippen LogP contribution in [0.3, 0.4) is 0 Å². The first-order valence-corrected chi connectivity index (χ1v) is 6.73. The fourth-order valence-corrected chi connectivity index (χ4v) is 5.27. The van der Waals surface area contributed by atoms with E-state index < -0.39 is 0 Å². The summed E-state index contributed by atoms with van der Waals surface area (Å²) in [7, 11) is 0. The van der Waals surface area contributed by atoms with Crippen LogP contribution in [-0.4, -0.2) is 0 Å². The SMILES string of the molecule is C=C1CC[C@H]2[C@@H]1[C@H]1[C@@H](C(C)C)CC[C@]12C. The van der Waals surface area contributed by atoms with Gasteiger partial charge in [0.2, 0.25) is 0 Å². The van der Waals surface area contributed by atoms with Crippen LogP contribution in [-0.2, 0) is 0 Å². The summed E-state index contributed by atoms with van der Waals surface area (Å²) in [6.07, 6.45) is 5.75. The van der Waals surface area contributed by atoms with Crippen LogP contribution in [0.5, 0.6) is 0 Å². The average Bonchev–Trinajstić information content (AvgIpc) is 2.62. The molecule has 3 rings (SSSR count). The maximum atomic E-state index is 4.32. The summed E-state index contributed by atoms with van der Waals surface area (Å²) in [5, 5.41) is 0. The molecule has 3 aliphatic rings. The number of allylic oxidation sites excluding steroid dienone is 1. The van der Waals surface area contributed by atoms with Crippen molar-refractivity contribution >= 4 is 0 Å². The van der Waals surface area contributed by atoms with Crippen molar-refractivity contribution in [3.63, 3.8) is 0 Å². The molecule has 3 fully saturated rings. The van der Waals surface area contributed by atoms with Crippen molar-refractivity contribution in [3.05, 3.63) is 12.2 Å². The van der Waals surface area contributed by atoms with Crippen molar-refractivity contribution in [2.24, 2.45) is 35.0 Å². The molecule has 0 nitrogen and oxygen atoms in total. The Morgan fingerprint density at radius 2 is 2.07 bits per heavy atom. The fourth-order valence-electron chi connectivity index (χ4n) is 5.27. The Hall–Kier alpha value is -0.260. The maximum absolute atomic E-state index is 4.32. The lowest BCUT2D eigenvalue weighted by Gasteiger charge is -2.57. The van der Waals surface area contributed by atoms with Gasteiger partial charge in [0.15, 0.2) is 0 Å². The molecular weight excluding hydrogens is 180 g/mol. The Labute approximate surface area is 94.1 Å². The number of rotatable bonds is 1. The molecule has 0 radical (unpaired) electrons. The highest BCUT2D eigenvalue weighted by Gasteiger charge is 2.66. The van der Waals surface area contributed by atoms with Gasteiger partial charge in [-0.2, -0.15) is 0 Å². The summed E-state index contributed by atoms with van der Waals surface area (Å²) in [6.45, 7) is 11.7. The molecule has 5 atom stereocenters. The van der Waals surface area contributed by atoms with Gasteiger partial charge in [-0.05, 0) is 60.7 Å². The lowest BCUT2D eigenvalue weighted by molar-refractivity contribution is -0.0770. The quantitative estimate of drug-likeness (QED) is 0.559. The standard InChI is InChI=1S/C15H24/c1-9(2)11-7-8-15(4)12-6-5-10(3)13(12)14(11)15/h9,11-14H,3,5-8H2,1-2,4H3/t11-,12+,13-,14-,15+/m1/s1. The molecule has 0 N–H and O–H groups in total. The molecule has 0 bridgehead atoms. The van der Waals surface area contributed by atoms with Crippen LogP contribution in [0, 0.1) is 35.0 Å². The third-order valence-electron chi connectivity index (χ3n) is 6.01. The number of hydrogen-bond donors (Lipinski definition) is 0. The van der Waals surface area contributed by atoms with Gasteiger partial charge in [-0.1, -0.05) is 32.9 Å². The molecule has 3 saturated carbocycles. The zero-order chi connectivity index (χ0) is 10.8. The summed E-state index contributed by atoms with van der Waals surface area (Å²) < 4.78 is 0. The van der Waals surface area contributed by atoms with Crippen LogP contribution in [0.1, 0.15) is 46.5 Å². The van der Waals surface area contributed by atoms with Crippen molar-refractivity contribution in [1.29, 1.82) is 0 Å². The van der Waals surface area contributed by atoms with Gasteiger partial charge in [0.25, 0.3) is 0 Å². The highest BCUT2D eigenvalue weighted by Crippen LogP contribution is 2.73. The molecule has 0 heterocycles. The van der Waals surface area contributed by atoms with Crippen molar-refractivity contribution < 1.29 is 0 Å². The predicted octanol–water partition coefficient (Wildman–Crippen LogP) is 4.27. The van der Waals surface area contributed by atoms with Crippen molar-refractivity contribution in [3.8, 4) is 0 Å². The van der Waals surface area contributed by atoms with Gasteiger partial charge in [0.05, 0.1) is 0 Å². The lowest BCUT2D eigenvalue weighted by Crippen LogP contribution is -2.52.